The topological polar surface area (TPSA) is 49.5 Å². The second-order valence-electron chi connectivity index (χ2n) is 4.67. The van der Waals surface area contributed by atoms with Gasteiger partial charge in [0, 0.05) is 25.2 Å². The first-order valence-electron chi connectivity index (χ1n) is 6.05. The number of benzene rings is 1. The van der Waals surface area contributed by atoms with Crippen molar-refractivity contribution in [2.75, 3.05) is 13.1 Å². The summed E-state index contributed by atoms with van der Waals surface area (Å²) in [5, 5.41) is 9.45. The van der Waals surface area contributed by atoms with E-state index in [0.717, 1.165) is 37.1 Å². The molecule has 1 aliphatic rings. The zero-order chi connectivity index (χ0) is 13.1. The van der Waals surface area contributed by atoms with E-state index in [-0.39, 0.29) is 11.9 Å². The smallest absolute Gasteiger partial charge is 0.123 e. The van der Waals surface area contributed by atoms with Crippen LogP contribution in [-0.4, -0.2) is 34.2 Å². The van der Waals surface area contributed by atoms with Crippen molar-refractivity contribution in [3.05, 3.63) is 35.1 Å². The minimum absolute atomic E-state index is 0.205. The third-order valence-electron chi connectivity index (χ3n) is 3.28. The molecule has 0 radical (unpaired) electrons. The fraction of sp³-hybridized carbons (Fsp3) is 0.462. The van der Waals surface area contributed by atoms with Crippen LogP contribution >= 0.6 is 12.2 Å². The number of rotatable bonds is 3. The van der Waals surface area contributed by atoms with Crippen molar-refractivity contribution >= 4 is 17.2 Å². The van der Waals surface area contributed by atoms with Crippen LogP contribution in [-0.2, 0) is 6.54 Å². The summed E-state index contributed by atoms with van der Waals surface area (Å²) in [6.45, 7) is 2.25. The minimum atomic E-state index is -0.276. The molecule has 0 spiro atoms. The van der Waals surface area contributed by atoms with Crippen molar-refractivity contribution < 1.29 is 9.50 Å². The molecule has 1 heterocycles. The van der Waals surface area contributed by atoms with Gasteiger partial charge in [0.25, 0.3) is 0 Å². The Morgan fingerprint density at radius 2 is 2.11 bits per heavy atom. The van der Waals surface area contributed by atoms with Crippen LogP contribution in [0.2, 0.25) is 0 Å². The van der Waals surface area contributed by atoms with E-state index in [2.05, 4.69) is 4.90 Å². The zero-order valence-electron chi connectivity index (χ0n) is 10.1. The number of piperidine rings is 1. The van der Waals surface area contributed by atoms with E-state index >= 15 is 0 Å². The van der Waals surface area contributed by atoms with Gasteiger partial charge in [0.2, 0.25) is 0 Å². The number of halogens is 1. The van der Waals surface area contributed by atoms with Crippen LogP contribution in [0.15, 0.2) is 18.2 Å². The molecule has 1 aromatic carbocycles. The Labute approximate surface area is 111 Å². The van der Waals surface area contributed by atoms with E-state index in [1.54, 1.807) is 6.07 Å². The third kappa shape index (κ3) is 3.25. The molecular weight excluding hydrogens is 251 g/mol. The van der Waals surface area contributed by atoms with Crippen LogP contribution in [0.3, 0.4) is 0 Å². The Morgan fingerprint density at radius 1 is 1.44 bits per heavy atom. The van der Waals surface area contributed by atoms with Crippen molar-refractivity contribution in [2.45, 2.75) is 25.5 Å². The maximum Gasteiger partial charge on any atom is 0.123 e. The molecule has 0 aliphatic carbocycles. The van der Waals surface area contributed by atoms with Crippen molar-refractivity contribution in [1.82, 2.24) is 4.90 Å². The number of nitrogens with zero attached hydrogens (tertiary/aromatic N) is 1. The summed E-state index contributed by atoms with van der Waals surface area (Å²) in [7, 11) is 0. The number of aliphatic hydroxyl groups is 1. The highest BCUT2D eigenvalue weighted by Crippen LogP contribution is 2.17. The molecule has 0 unspecified atom stereocenters. The summed E-state index contributed by atoms with van der Waals surface area (Å²) < 4.78 is 13.3. The van der Waals surface area contributed by atoms with Gasteiger partial charge in [-0.3, -0.25) is 4.90 Å². The third-order valence-corrected chi connectivity index (χ3v) is 3.50. The summed E-state index contributed by atoms with van der Waals surface area (Å²) >= 11 is 4.98. The van der Waals surface area contributed by atoms with Crippen LogP contribution in [0.5, 0.6) is 0 Å². The van der Waals surface area contributed by atoms with Gasteiger partial charge in [-0.25, -0.2) is 4.39 Å². The lowest BCUT2D eigenvalue weighted by Gasteiger charge is -2.30. The van der Waals surface area contributed by atoms with E-state index in [1.165, 1.54) is 12.1 Å². The van der Waals surface area contributed by atoms with Gasteiger partial charge in [0.05, 0.1) is 6.10 Å². The zero-order valence-corrected chi connectivity index (χ0v) is 10.9. The van der Waals surface area contributed by atoms with E-state index in [4.69, 9.17) is 18.0 Å². The molecule has 5 heteroatoms. The van der Waals surface area contributed by atoms with Crippen molar-refractivity contribution in [3.8, 4) is 0 Å². The summed E-state index contributed by atoms with van der Waals surface area (Å²) in [5.74, 6) is -0.276. The second-order valence-corrected chi connectivity index (χ2v) is 5.11. The molecule has 3 N–H and O–H groups in total. The number of hydrogen-bond donors (Lipinski definition) is 2. The first kappa shape index (κ1) is 13.4. The van der Waals surface area contributed by atoms with Gasteiger partial charge in [0.1, 0.15) is 10.8 Å². The number of likely N-dealkylation sites (tertiary alicyclic amines) is 1. The van der Waals surface area contributed by atoms with Crippen molar-refractivity contribution in [3.63, 3.8) is 0 Å². The molecule has 98 valence electrons. The van der Waals surface area contributed by atoms with E-state index in [0.29, 0.717) is 11.5 Å². The normalized spacial score (nSPS) is 17.9. The molecule has 1 fully saturated rings. The second kappa shape index (κ2) is 5.73. The molecule has 0 amide bonds. The maximum absolute atomic E-state index is 13.3. The molecule has 1 aromatic rings. The Kier molecular flexibility index (Phi) is 4.27. The largest absolute Gasteiger partial charge is 0.393 e. The Bertz CT molecular complexity index is 445. The standard InChI is InChI=1S/C13H17FN2OS/c14-10-1-2-12(13(15)18)9(7-10)8-16-5-3-11(17)4-6-16/h1-2,7,11,17H,3-6,8H2,(H2,15,18). The molecule has 0 bridgehead atoms. The number of hydrogen-bond acceptors (Lipinski definition) is 3. The number of aliphatic hydroxyl groups excluding tert-OH is 1. The lowest BCUT2D eigenvalue weighted by molar-refractivity contribution is 0.0792. The van der Waals surface area contributed by atoms with Crippen LogP contribution in [0.25, 0.3) is 0 Å². The number of nitrogens with two attached hydrogens (primary N) is 1. The van der Waals surface area contributed by atoms with Crippen LogP contribution in [0, 0.1) is 5.82 Å². The predicted octanol–water partition coefficient (Wildman–Crippen LogP) is 1.42. The molecule has 0 saturated carbocycles. The fourth-order valence-corrected chi connectivity index (χ4v) is 2.45. The molecular formula is C13H17FN2OS. The van der Waals surface area contributed by atoms with E-state index in [9.17, 15) is 9.50 Å². The summed E-state index contributed by atoms with van der Waals surface area (Å²) in [6.07, 6.45) is 1.32. The van der Waals surface area contributed by atoms with E-state index < -0.39 is 0 Å². The van der Waals surface area contributed by atoms with Gasteiger partial charge in [0.15, 0.2) is 0 Å². The lowest BCUT2D eigenvalue weighted by atomic mass is 10.0. The summed E-state index contributed by atoms with van der Waals surface area (Å²) in [6, 6.07) is 4.49. The predicted molar refractivity (Wildman–Crippen MR) is 72.8 cm³/mol. The molecule has 0 aromatic heterocycles. The highest BCUT2D eigenvalue weighted by atomic mass is 32.1. The first-order valence-corrected chi connectivity index (χ1v) is 6.45. The monoisotopic (exact) mass is 268 g/mol. The van der Waals surface area contributed by atoms with E-state index in [1.807, 2.05) is 0 Å². The maximum atomic E-state index is 13.3. The van der Waals surface area contributed by atoms with Gasteiger partial charge in [-0.1, -0.05) is 12.2 Å². The average molecular weight is 268 g/mol. The SMILES string of the molecule is NC(=S)c1ccc(F)cc1CN1CCC(O)CC1. The van der Waals surface area contributed by atoms with Crippen LogP contribution in [0.4, 0.5) is 4.39 Å². The van der Waals surface area contributed by atoms with Gasteiger partial charge in [-0.15, -0.1) is 0 Å². The van der Waals surface area contributed by atoms with Gasteiger partial charge in [-0.2, -0.15) is 0 Å². The quantitative estimate of drug-likeness (QED) is 0.814. The van der Waals surface area contributed by atoms with Crippen molar-refractivity contribution in [1.29, 1.82) is 0 Å². The van der Waals surface area contributed by atoms with Gasteiger partial charge >= 0.3 is 0 Å². The molecule has 1 saturated heterocycles. The number of thiocarbonyl (C=S) groups is 1. The van der Waals surface area contributed by atoms with Gasteiger partial charge in [-0.05, 0) is 36.6 Å². The fourth-order valence-electron chi connectivity index (χ4n) is 2.25. The molecule has 0 atom stereocenters. The average Bonchev–Trinajstić information content (AvgIpc) is 2.32. The van der Waals surface area contributed by atoms with Crippen LogP contribution in [0.1, 0.15) is 24.0 Å². The van der Waals surface area contributed by atoms with Crippen LogP contribution < -0.4 is 5.73 Å². The lowest BCUT2D eigenvalue weighted by Crippen LogP contribution is -2.35. The van der Waals surface area contributed by atoms with Gasteiger partial charge < -0.3 is 10.8 Å². The summed E-state index contributed by atoms with van der Waals surface area (Å²) in [4.78, 5) is 2.48. The van der Waals surface area contributed by atoms with Crippen molar-refractivity contribution in [2.24, 2.45) is 5.73 Å². The Morgan fingerprint density at radius 3 is 2.72 bits per heavy atom. The molecule has 18 heavy (non-hydrogen) atoms. The first-order chi connectivity index (χ1) is 8.56. The summed E-state index contributed by atoms with van der Waals surface area (Å²) in [5.41, 5.74) is 7.19. The Hall–Kier alpha value is -1.04. The Balaban J connectivity index is 2.12. The molecule has 3 nitrogen and oxygen atoms in total. The highest BCUT2D eigenvalue weighted by Gasteiger charge is 2.18. The molecule has 2 rings (SSSR count). The highest BCUT2D eigenvalue weighted by molar-refractivity contribution is 7.80. The minimum Gasteiger partial charge on any atom is -0.393 e. The molecule has 1 aliphatic heterocycles.